The van der Waals surface area contributed by atoms with Crippen LogP contribution in [0, 0.1) is 6.92 Å². The Balaban J connectivity index is 1.55. The molecular weight excluding hydrogens is 494 g/mol. The second-order valence-corrected chi connectivity index (χ2v) is 10.8. The summed E-state index contributed by atoms with van der Waals surface area (Å²) >= 11 is 6.82. The molecule has 1 fully saturated rings. The monoisotopic (exact) mass is 529 g/mol. The molecule has 1 aliphatic heterocycles. The van der Waals surface area contributed by atoms with E-state index < -0.39 is 0 Å². The van der Waals surface area contributed by atoms with Gasteiger partial charge in [0.15, 0.2) is 0 Å². The second-order valence-electron chi connectivity index (χ2n) is 10.4. The van der Waals surface area contributed by atoms with Gasteiger partial charge in [-0.25, -0.2) is 4.79 Å². The summed E-state index contributed by atoms with van der Waals surface area (Å²) in [6.45, 7) is 7.52. The van der Waals surface area contributed by atoms with Gasteiger partial charge in [-0.2, -0.15) is 0 Å². The van der Waals surface area contributed by atoms with Gasteiger partial charge < -0.3 is 9.47 Å². The Labute approximate surface area is 231 Å². The summed E-state index contributed by atoms with van der Waals surface area (Å²) in [7, 11) is 1.42. The van der Waals surface area contributed by atoms with Crippen LogP contribution in [-0.2, 0) is 11.2 Å². The molecule has 0 N–H and O–H groups in total. The number of aryl methyl sites for hydroxylation is 2. The van der Waals surface area contributed by atoms with E-state index in [4.69, 9.17) is 21.1 Å². The van der Waals surface area contributed by atoms with Crippen LogP contribution in [0.2, 0.25) is 5.02 Å². The van der Waals surface area contributed by atoms with Gasteiger partial charge in [0.2, 0.25) is 0 Å². The summed E-state index contributed by atoms with van der Waals surface area (Å²) in [5, 5.41) is 0.768. The number of methoxy groups -OCH3 is 1. The van der Waals surface area contributed by atoms with Gasteiger partial charge in [0.05, 0.1) is 12.7 Å². The van der Waals surface area contributed by atoms with Crippen LogP contribution >= 0.6 is 11.6 Å². The number of hydrogen-bond donors (Lipinski definition) is 0. The van der Waals surface area contributed by atoms with Crippen molar-refractivity contribution in [3.63, 3.8) is 0 Å². The van der Waals surface area contributed by atoms with Crippen molar-refractivity contribution in [3.8, 4) is 5.75 Å². The van der Waals surface area contributed by atoms with Crippen LogP contribution in [0.15, 0.2) is 60.7 Å². The molecule has 4 nitrogen and oxygen atoms in total. The molecule has 5 heteroatoms. The van der Waals surface area contributed by atoms with Crippen molar-refractivity contribution < 1.29 is 14.3 Å². The molecule has 0 unspecified atom stereocenters. The van der Waals surface area contributed by atoms with Gasteiger partial charge >= 0.3 is 5.97 Å². The van der Waals surface area contributed by atoms with Crippen LogP contribution in [-0.4, -0.2) is 43.7 Å². The van der Waals surface area contributed by atoms with E-state index in [1.165, 1.54) is 24.7 Å². The van der Waals surface area contributed by atoms with Crippen LogP contribution < -0.4 is 4.74 Å². The van der Waals surface area contributed by atoms with Gasteiger partial charge in [-0.05, 0) is 115 Å². The fourth-order valence-corrected chi connectivity index (χ4v) is 6.15. The average Bonchev–Trinajstić information content (AvgIpc) is 3.27. The number of allylic oxidation sites excluding steroid dienone is 1. The Kier molecular flexibility index (Phi) is 8.21. The number of rotatable bonds is 7. The molecule has 0 radical (unpaired) electrons. The number of fused-ring (bicyclic) bond motifs is 1. The molecule has 1 heterocycles. The van der Waals surface area contributed by atoms with Crippen molar-refractivity contribution in [2.24, 2.45) is 0 Å². The van der Waals surface area contributed by atoms with E-state index in [1.807, 2.05) is 18.2 Å². The molecule has 0 saturated carbocycles. The lowest BCUT2D eigenvalue weighted by atomic mass is 9.87. The molecule has 38 heavy (non-hydrogen) atoms. The first-order valence-corrected chi connectivity index (χ1v) is 14.1. The van der Waals surface area contributed by atoms with E-state index in [1.54, 1.807) is 0 Å². The summed E-state index contributed by atoms with van der Waals surface area (Å²) in [5.74, 6) is 0.595. The van der Waals surface area contributed by atoms with Gasteiger partial charge in [0.25, 0.3) is 0 Å². The summed E-state index contributed by atoms with van der Waals surface area (Å²) in [6.07, 6.45) is 5.23. The highest BCUT2D eigenvalue weighted by molar-refractivity contribution is 6.32. The highest BCUT2D eigenvalue weighted by atomic mass is 35.5. The lowest BCUT2D eigenvalue weighted by molar-refractivity contribution is 0.0600. The lowest BCUT2D eigenvalue weighted by Gasteiger charge is -2.19. The van der Waals surface area contributed by atoms with Gasteiger partial charge in [0.1, 0.15) is 11.9 Å². The minimum atomic E-state index is -0.310. The number of carbonyl (C=O) groups excluding carboxylic acids is 1. The van der Waals surface area contributed by atoms with E-state index >= 15 is 0 Å². The standard InChI is InChI=1S/C33H36ClNO3/c1-4-17-35-18-16-27(21-35)38-26-12-9-23(10-13-26)32-28-15-11-25(33(36)37-3)20-24(28)6-5-7-30(32)29-14-8-22(2)19-31(29)34/h8-15,19-20,27H,4-7,16-18,21H2,1-3H3/t27-/m0/s1. The summed E-state index contributed by atoms with van der Waals surface area (Å²) in [5.41, 5.74) is 8.62. The highest BCUT2D eigenvalue weighted by Gasteiger charge is 2.25. The predicted molar refractivity (Wildman–Crippen MR) is 155 cm³/mol. The zero-order valence-electron chi connectivity index (χ0n) is 22.6. The number of carbonyl (C=O) groups is 1. The quantitative estimate of drug-likeness (QED) is 0.295. The van der Waals surface area contributed by atoms with Crippen LogP contribution in [0.1, 0.15) is 70.8 Å². The number of hydrogen-bond acceptors (Lipinski definition) is 4. The number of esters is 1. The van der Waals surface area contributed by atoms with E-state index in [0.29, 0.717) is 5.56 Å². The highest BCUT2D eigenvalue weighted by Crippen LogP contribution is 2.42. The van der Waals surface area contributed by atoms with Crippen LogP contribution in [0.4, 0.5) is 0 Å². The lowest BCUT2D eigenvalue weighted by Crippen LogP contribution is -2.25. The number of nitrogens with zero attached hydrogens (tertiary/aromatic N) is 1. The smallest absolute Gasteiger partial charge is 0.337 e. The molecule has 1 atom stereocenters. The van der Waals surface area contributed by atoms with Gasteiger partial charge in [-0.3, -0.25) is 4.90 Å². The molecule has 0 aromatic heterocycles. The first-order valence-electron chi connectivity index (χ1n) is 13.7. The number of halogens is 1. The molecule has 198 valence electrons. The summed E-state index contributed by atoms with van der Waals surface area (Å²) in [6, 6.07) is 20.7. The fraction of sp³-hybridized carbons (Fsp3) is 0.364. The summed E-state index contributed by atoms with van der Waals surface area (Å²) < 4.78 is 11.3. The van der Waals surface area contributed by atoms with Crippen LogP contribution in [0.25, 0.3) is 11.1 Å². The van der Waals surface area contributed by atoms with Crippen molar-refractivity contribution in [1.82, 2.24) is 4.90 Å². The molecular formula is C33H36ClNO3. The van der Waals surface area contributed by atoms with Crippen molar-refractivity contribution in [1.29, 1.82) is 0 Å². The van der Waals surface area contributed by atoms with Crippen molar-refractivity contribution >= 4 is 28.7 Å². The maximum atomic E-state index is 12.3. The zero-order chi connectivity index (χ0) is 26.6. The molecule has 3 aromatic carbocycles. The predicted octanol–water partition coefficient (Wildman–Crippen LogP) is 7.59. The Bertz CT molecular complexity index is 1340. The molecule has 0 spiro atoms. The van der Waals surface area contributed by atoms with Crippen molar-refractivity contribution in [2.75, 3.05) is 26.7 Å². The molecule has 1 saturated heterocycles. The average molecular weight is 530 g/mol. The minimum Gasteiger partial charge on any atom is -0.489 e. The maximum absolute atomic E-state index is 12.3. The molecule has 1 aliphatic carbocycles. The Morgan fingerprint density at radius 2 is 1.82 bits per heavy atom. The second kappa shape index (κ2) is 11.8. The number of likely N-dealkylation sites (tertiary alicyclic amines) is 1. The third-order valence-electron chi connectivity index (χ3n) is 7.63. The summed E-state index contributed by atoms with van der Waals surface area (Å²) in [4.78, 5) is 14.7. The molecule has 2 aliphatic rings. The first-order chi connectivity index (χ1) is 18.5. The fourth-order valence-electron chi connectivity index (χ4n) is 5.80. The normalized spacial score (nSPS) is 17.7. The minimum absolute atomic E-state index is 0.240. The number of benzene rings is 3. The Morgan fingerprint density at radius 3 is 2.55 bits per heavy atom. The SMILES string of the molecule is CCCN1CC[C@H](Oc2ccc(C3=C(c4ccc(C)cc4Cl)CCCc4cc(C(=O)OC)ccc43)cc2)C1. The van der Waals surface area contributed by atoms with Crippen molar-refractivity contribution in [3.05, 3.63) is 99.1 Å². The molecule has 0 amide bonds. The van der Waals surface area contributed by atoms with E-state index in [0.717, 1.165) is 83.9 Å². The van der Waals surface area contributed by atoms with E-state index in [-0.39, 0.29) is 12.1 Å². The zero-order valence-corrected chi connectivity index (χ0v) is 23.3. The van der Waals surface area contributed by atoms with Gasteiger partial charge in [0, 0.05) is 18.1 Å². The Morgan fingerprint density at radius 1 is 1.03 bits per heavy atom. The topological polar surface area (TPSA) is 38.8 Å². The van der Waals surface area contributed by atoms with E-state index in [9.17, 15) is 4.79 Å². The molecule has 5 rings (SSSR count). The van der Waals surface area contributed by atoms with Gasteiger partial charge in [-0.1, -0.05) is 48.9 Å². The molecule has 0 bridgehead atoms. The first kappa shape index (κ1) is 26.5. The van der Waals surface area contributed by atoms with E-state index in [2.05, 4.69) is 61.2 Å². The third kappa shape index (κ3) is 5.67. The largest absolute Gasteiger partial charge is 0.489 e. The maximum Gasteiger partial charge on any atom is 0.337 e. The number of ether oxygens (including phenoxy) is 2. The van der Waals surface area contributed by atoms with Crippen LogP contribution in [0.5, 0.6) is 5.75 Å². The molecule has 3 aromatic rings. The Hall–Kier alpha value is -3.08. The van der Waals surface area contributed by atoms with Crippen LogP contribution in [0.3, 0.4) is 0 Å². The van der Waals surface area contributed by atoms with Crippen molar-refractivity contribution in [2.45, 2.75) is 52.1 Å². The van der Waals surface area contributed by atoms with Gasteiger partial charge in [-0.15, -0.1) is 0 Å². The third-order valence-corrected chi connectivity index (χ3v) is 7.95.